The van der Waals surface area contributed by atoms with E-state index >= 15 is 0 Å². The van der Waals surface area contributed by atoms with Crippen molar-refractivity contribution in [1.29, 1.82) is 0 Å². The van der Waals surface area contributed by atoms with E-state index < -0.39 is 0 Å². The Labute approximate surface area is 132 Å². The quantitative estimate of drug-likeness (QED) is 0.657. The molecule has 0 aliphatic rings. The molecular weight excluding hydrogens is 282 g/mol. The lowest BCUT2D eigenvalue weighted by atomic mass is 10.1. The lowest BCUT2D eigenvalue weighted by Gasteiger charge is -2.12. The van der Waals surface area contributed by atoms with Gasteiger partial charge in [0.2, 0.25) is 0 Å². The van der Waals surface area contributed by atoms with Gasteiger partial charge in [-0.3, -0.25) is 0 Å². The minimum atomic E-state index is 0.603. The Hall–Kier alpha value is -1.51. The van der Waals surface area contributed by atoms with E-state index in [0.717, 1.165) is 31.7 Å². The monoisotopic (exact) mass is 303 g/mol. The van der Waals surface area contributed by atoms with E-state index in [1.807, 2.05) is 34.8 Å². The third-order valence-corrected chi connectivity index (χ3v) is 3.62. The van der Waals surface area contributed by atoms with E-state index in [0.29, 0.717) is 6.61 Å². The van der Waals surface area contributed by atoms with E-state index in [-0.39, 0.29) is 0 Å². The molecule has 0 fully saturated rings. The number of benzene rings is 2. The summed E-state index contributed by atoms with van der Waals surface area (Å²) in [6.45, 7) is 4.54. The molecule has 112 valence electrons. The van der Waals surface area contributed by atoms with Gasteiger partial charge in [0.1, 0.15) is 12.4 Å². The molecule has 0 unspecified atom stereocenters. The molecule has 0 aliphatic heterocycles. The van der Waals surface area contributed by atoms with Gasteiger partial charge in [0.15, 0.2) is 0 Å². The van der Waals surface area contributed by atoms with E-state index in [9.17, 15) is 0 Å². The van der Waals surface area contributed by atoms with Crippen LogP contribution in [-0.4, -0.2) is 17.5 Å². The largest absolute Gasteiger partial charge is 0.489 e. The van der Waals surface area contributed by atoms with Gasteiger partial charge in [-0.2, -0.15) is 0 Å². The molecule has 0 radical (unpaired) electrons. The first-order chi connectivity index (χ1) is 10.3. The average Bonchev–Trinajstić information content (AvgIpc) is 2.53. The molecule has 0 atom stereocenters. The maximum atomic E-state index is 6.09. The van der Waals surface area contributed by atoms with Crippen molar-refractivity contribution in [2.24, 2.45) is 0 Å². The topological polar surface area (TPSA) is 12.5 Å². The Balaban J connectivity index is 1.79. The molecule has 0 saturated carbocycles. The summed E-state index contributed by atoms with van der Waals surface area (Å²) in [7, 11) is 0. The van der Waals surface area contributed by atoms with Gasteiger partial charge < -0.3 is 4.74 Å². The van der Waals surface area contributed by atoms with Gasteiger partial charge in [-0.25, -0.2) is 4.42 Å². The van der Waals surface area contributed by atoms with Crippen LogP contribution in [0, 0.1) is 0 Å². The zero-order valence-corrected chi connectivity index (χ0v) is 13.2. The summed E-state index contributed by atoms with van der Waals surface area (Å²) in [5.74, 6) is 0.902. The number of hydrogen-bond acceptors (Lipinski definition) is 2. The minimum Gasteiger partial charge on any atom is -0.489 e. The van der Waals surface area contributed by atoms with Crippen molar-refractivity contribution in [2.45, 2.75) is 26.4 Å². The second kappa shape index (κ2) is 8.71. The van der Waals surface area contributed by atoms with Crippen LogP contribution in [0.4, 0.5) is 0 Å². The zero-order chi connectivity index (χ0) is 14.9. The van der Waals surface area contributed by atoms with E-state index in [1.165, 1.54) is 11.1 Å². The lowest BCUT2D eigenvalue weighted by molar-refractivity contribution is 0.306. The highest BCUT2D eigenvalue weighted by molar-refractivity contribution is 6.13. The molecule has 21 heavy (non-hydrogen) atoms. The summed E-state index contributed by atoms with van der Waals surface area (Å²) in [6, 6.07) is 18.5. The Morgan fingerprint density at radius 2 is 1.62 bits per heavy atom. The van der Waals surface area contributed by atoms with Crippen LogP contribution < -0.4 is 4.74 Å². The van der Waals surface area contributed by atoms with Crippen LogP contribution in [0.15, 0.2) is 54.6 Å². The normalized spacial score (nSPS) is 10.8. The van der Waals surface area contributed by atoms with Crippen molar-refractivity contribution >= 4 is 11.8 Å². The Morgan fingerprint density at radius 3 is 2.29 bits per heavy atom. The fourth-order valence-electron chi connectivity index (χ4n) is 2.10. The summed E-state index contributed by atoms with van der Waals surface area (Å²) in [5.41, 5.74) is 2.46. The third kappa shape index (κ3) is 5.78. The molecule has 2 nitrogen and oxygen atoms in total. The number of hydrogen-bond donors (Lipinski definition) is 0. The smallest absolute Gasteiger partial charge is 0.119 e. The fourth-order valence-corrected chi connectivity index (χ4v) is 2.35. The van der Waals surface area contributed by atoms with Gasteiger partial charge in [-0.1, -0.05) is 49.4 Å². The van der Waals surface area contributed by atoms with Crippen molar-refractivity contribution in [3.8, 4) is 5.75 Å². The van der Waals surface area contributed by atoms with Gasteiger partial charge in [-0.05, 0) is 47.9 Å². The molecule has 2 aromatic carbocycles. The van der Waals surface area contributed by atoms with Crippen LogP contribution >= 0.6 is 11.8 Å². The number of halogens is 1. The first-order valence-corrected chi connectivity index (χ1v) is 7.78. The van der Waals surface area contributed by atoms with Crippen molar-refractivity contribution in [3.05, 3.63) is 65.7 Å². The highest BCUT2D eigenvalue weighted by Gasteiger charge is 2.01. The van der Waals surface area contributed by atoms with Gasteiger partial charge in [-0.15, -0.1) is 0 Å². The molecule has 0 heterocycles. The van der Waals surface area contributed by atoms with Gasteiger partial charge in [0.25, 0.3) is 0 Å². The number of ether oxygens (including phenoxy) is 1. The molecule has 0 aliphatic carbocycles. The molecule has 2 rings (SSSR count). The Bertz CT molecular complexity index is 513. The highest BCUT2D eigenvalue weighted by Crippen LogP contribution is 2.15. The fraction of sp³-hybridized carbons (Fsp3) is 0.333. The van der Waals surface area contributed by atoms with Crippen molar-refractivity contribution in [3.63, 3.8) is 0 Å². The summed E-state index contributed by atoms with van der Waals surface area (Å²) >= 11 is 6.09. The summed E-state index contributed by atoms with van der Waals surface area (Å²) < 4.78 is 7.62. The van der Waals surface area contributed by atoms with Crippen LogP contribution in [0.3, 0.4) is 0 Å². The van der Waals surface area contributed by atoms with Crippen LogP contribution in [0.1, 0.15) is 24.5 Å². The van der Waals surface area contributed by atoms with Crippen LogP contribution in [0.5, 0.6) is 5.75 Å². The van der Waals surface area contributed by atoms with E-state index in [4.69, 9.17) is 16.5 Å². The first kappa shape index (κ1) is 15.9. The number of rotatable bonds is 8. The molecule has 0 spiro atoms. The molecular formula is C18H22ClNO. The molecule has 0 amide bonds. The van der Waals surface area contributed by atoms with Crippen LogP contribution in [0.25, 0.3) is 0 Å². The predicted octanol–water partition coefficient (Wildman–Crippen LogP) is 4.67. The SMILES string of the molecule is CCCN(Cl)CCc1ccc(OCc2ccccc2)cc1. The van der Waals surface area contributed by atoms with Crippen molar-refractivity contribution in [2.75, 3.05) is 13.1 Å². The van der Waals surface area contributed by atoms with E-state index in [1.54, 1.807) is 0 Å². The van der Waals surface area contributed by atoms with Crippen LogP contribution in [0.2, 0.25) is 0 Å². The molecule has 0 saturated heterocycles. The summed E-state index contributed by atoms with van der Waals surface area (Å²) in [6.07, 6.45) is 2.04. The van der Waals surface area contributed by atoms with Crippen molar-refractivity contribution in [1.82, 2.24) is 4.42 Å². The average molecular weight is 304 g/mol. The van der Waals surface area contributed by atoms with Gasteiger partial charge >= 0.3 is 0 Å². The second-order valence-electron chi connectivity index (χ2n) is 5.08. The van der Waals surface area contributed by atoms with Gasteiger partial charge in [0.05, 0.1) is 0 Å². The lowest BCUT2D eigenvalue weighted by Crippen LogP contribution is -2.16. The molecule has 0 N–H and O–H groups in total. The second-order valence-corrected chi connectivity index (χ2v) is 5.56. The van der Waals surface area contributed by atoms with Gasteiger partial charge in [0, 0.05) is 13.1 Å². The standard InChI is InChI=1S/C18H22ClNO/c1-2-13-20(19)14-12-16-8-10-18(11-9-16)21-15-17-6-4-3-5-7-17/h3-11H,2,12-15H2,1H3. The maximum absolute atomic E-state index is 6.09. The Morgan fingerprint density at radius 1 is 0.905 bits per heavy atom. The predicted molar refractivity (Wildman–Crippen MR) is 88.6 cm³/mol. The highest BCUT2D eigenvalue weighted by atomic mass is 35.5. The summed E-state index contributed by atoms with van der Waals surface area (Å²) in [4.78, 5) is 0. The van der Waals surface area contributed by atoms with Crippen LogP contribution in [-0.2, 0) is 13.0 Å². The van der Waals surface area contributed by atoms with Crippen molar-refractivity contribution < 1.29 is 4.74 Å². The van der Waals surface area contributed by atoms with E-state index in [2.05, 4.69) is 31.2 Å². The molecule has 0 bridgehead atoms. The minimum absolute atomic E-state index is 0.603. The Kier molecular flexibility index (Phi) is 6.58. The molecule has 2 aromatic rings. The first-order valence-electron chi connectivity index (χ1n) is 7.44. The zero-order valence-electron chi connectivity index (χ0n) is 12.5. The summed E-state index contributed by atoms with van der Waals surface area (Å²) in [5, 5.41) is 0. The third-order valence-electron chi connectivity index (χ3n) is 3.28. The number of nitrogens with zero attached hydrogens (tertiary/aromatic N) is 1. The molecule has 0 aromatic heterocycles. The maximum Gasteiger partial charge on any atom is 0.119 e. The molecule has 3 heteroatoms.